The molecule has 0 amide bonds. The van der Waals surface area contributed by atoms with Crippen LogP contribution in [-0.2, 0) is 42.7 Å². The standard InChI is InChI=1S/C26H50O9/c1-5-6-7-8-9-10-11-24(27)34-23-22-33-21-20-32-19-18-31-17-16-30-15-14-29-13-12-25(28)35-26(2,3)4/h5-23H2,1-4H3. The highest BCUT2D eigenvalue weighted by Crippen LogP contribution is 2.08. The summed E-state index contributed by atoms with van der Waals surface area (Å²) in [5.74, 6) is -0.410. The quantitative estimate of drug-likeness (QED) is 0.134. The summed E-state index contributed by atoms with van der Waals surface area (Å²) in [5.41, 5.74) is -0.469. The molecule has 35 heavy (non-hydrogen) atoms. The van der Waals surface area contributed by atoms with Crippen molar-refractivity contribution in [2.75, 3.05) is 72.7 Å². The highest BCUT2D eigenvalue weighted by molar-refractivity contribution is 5.70. The van der Waals surface area contributed by atoms with Crippen LogP contribution in [0.1, 0.15) is 79.1 Å². The predicted molar refractivity (Wildman–Crippen MR) is 134 cm³/mol. The number of ether oxygens (including phenoxy) is 7. The largest absolute Gasteiger partial charge is 0.463 e. The van der Waals surface area contributed by atoms with Gasteiger partial charge in [0, 0.05) is 6.42 Å². The van der Waals surface area contributed by atoms with Gasteiger partial charge in [-0.3, -0.25) is 9.59 Å². The van der Waals surface area contributed by atoms with Crippen LogP contribution in [-0.4, -0.2) is 90.2 Å². The number of carbonyl (C=O) groups excluding carboxylic acids is 2. The molecule has 0 aliphatic heterocycles. The van der Waals surface area contributed by atoms with E-state index in [9.17, 15) is 9.59 Å². The van der Waals surface area contributed by atoms with Gasteiger partial charge in [0.05, 0.1) is 72.5 Å². The lowest BCUT2D eigenvalue weighted by Crippen LogP contribution is -2.24. The fourth-order valence-corrected chi connectivity index (χ4v) is 2.87. The number of hydrogen-bond donors (Lipinski definition) is 0. The summed E-state index contributed by atoms with van der Waals surface area (Å²) in [6, 6.07) is 0. The van der Waals surface area contributed by atoms with Crippen molar-refractivity contribution in [3.8, 4) is 0 Å². The highest BCUT2D eigenvalue weighted by Gasteiger charge is 2.15. The Morgan fingerprint density at radius 3 is 1.43 bits per heavy atom. The molecule has 9 nitrogen and oxygen atoms in total. The van der Waals surface area contributed by atoms with Crippen molar-refractivity contribution < 1.29 is 42.7 Å². The Hall–Kier alpha value is -1.26. The first-order valence-corrected chi connectivity index (χ1v) is 13.1. The van der Waals surface area contributed by atoms with E-state index in [0.29, 0.717) is 72.5 Å². The number of hydrogen-bond acceptors (Lipinski definition) is 9. The zero-order valence-electron chi connectivity index (χ0n) is 22.6. The average molecular weight is 507 g/mol. The molecule has 9 heteroatoms. The van der Waals surface area contributed by atoms with E-state index in [2.05, 4.69) is 6.92 Å². The molecule has 0 rings (SSSR count). The van der Waals surface area contributed by atoms with Gasteiger partial charge in [-0.25, -0.2) is 0 Å². The molecule has 0 radical (unpaired) electrons. The van der Waals surface area contributed by atoms with Crippen LogP contribution in [0.15, 0.2) is 0 Å². The van der Waals surface area contributed by atoms with Crippen molar-refractivity contribution in [1.82, 2.24) is 0 Å². The third kappa shape index (κ3) is 28.9. The molecule has 0 atom stereocenters. The van der Waals surface area contributed by atoms with Crippen molar-refractivity contribution in [3.63, 3.8) is 0 Å². The van der Waals surface area contributed by atoms with Gasteiger partial charge in [0.1, 0.15) is 12.2 Å². The van der Waals surface area contributed by atoms with Gasteiger partial charge in [-0.05, 0) is 27.2 Å². The van der Waals surface area contributed by atoms with E-state index in [4.69, 9.17) is 33.2 Å². The van der Waals surface area contributed by atoms with E-state index in [-0.39, 0.29) is 25.0 Å². The lowest BCUT2D eigenvalue weighted by atomic mass is 10.1. The third-order valence-electron chi connectivity index (χ3n) is 4.58. The Balaban J connectivity index is 3.19. The number of carbonyl (C=O) groups is 2. The summed E-state index contributed by atoms with van der Waals surface area (Å²) < 4.78 is 37.3. The van der Waals surface area contributed by atoms with Crippen LogP contribution in [0.4, 0.5) is 0 Å². The molecule has 0 fully saturated rings. The molecule has 0 unspecified atom stereocenters. The molecule has 0 heterocycles. The summed E-state index contributed by atoms with van der Waals surface area (Å²) in [4.78, 5) is 23.1. The summed E-state index contributed by atoms with van der Waals surface area (Å²) in [6.07, 6.45) is 7.66. The Labute approximate surface area is 212 Å². The second-order valence-electron chi connectivity index (χ2n) is 9.14. The smallest absolute Gasteiger partial charge is 0.308 e. The molecule has 0 spiro atoms. The topological polar surface area (TPSA) is 98.8 Å². The van der Waals surface area contributed by atoms with Gasteiger partial charge >= 0.3 is 11.9 Å². The maximum absolute atomic E-state index is 11.6. The maximum Gasteiger partial charge on any atom is 0.308 e. The molecule has 0 aliphatic rings. The van der Waals surface area contributed by atoms with Gasteiger partial charge < -0.3 is 33.2 Å². The summed E-state index contributed by atoms with van der Waals surface area (Å²) in [7, 11) is 0. The Morgan fingerprint density at radius 1 is 0.514 bits per heavy atom. The van der Waals surface area contributed by atoms with E-state index in [1.165, 1.54) is 25.7 Å². The van der Waals surface area contributed by atoms with Crippen LogP contribution in [0.25, 0.3) is 0 Å². The zero-order chi connectivity index (χ0) is 26.0. The monoisotopic (exact) mass is 506 g/mol. The van der Waals surface area contributed by atoms with Crippen molar-refractivity contribution in [2.45, 2.75) is 84.7 Å². The van der Waals surface area contributed by atoms with Crippen LogP contribution in [0.2, 0.25) is 0 Å². The minimum Gasteiger partial charge on any atom is -0.463 e. The van der Waals surface area contributed by atoms with Gasteiger partial charge in [-0.15, -0.1) is 0 Å². The first kappa shape index (κ1) is 33.7. The van der Waals surface area contributed by atoms with E-state index in [1.807, 2.05) is 20.8 Å². The van der Waals surface area contributed by atoms with Gasteiger partial charge in [0.25, 0.3) is 0 Å². The second kappa shape index (κ2) is 24.4. The van der Waals surface area contributed by atoms with E-state index < -0.39 is 5.60 Å². The first-order chi connectivity index (χ1) is 16.8. The molecule has 0 N–H and O–H groups in total. The first-order valence-electron chi connectivity index (χ1n) is 13.1. The van der Waals surface area contributed by atoms with Gasteiger partial charge in [-0.1, -0.05) is 39.0 Å². The zero-order valence-corrected chi connectivity index (χ0v) is 22.6. The summed E-state index contributed by atoms with van der Waals surface area (Å²) in [6.45, 7) is 12.4. The predicted octanol–water partition coefficient (Wildman–Crippen LogP) is 4.10. The molecule has 0 saturated heterocycles. The average Bonchev–Trinajstić information content (AvgIpc) is 2.79. The molecular formula is C26H50O9. The van der Waals surface area contributed by atoms with E-state index in [1.54, 1.807) is 0 Å². The SMILES string of the molecule is CCCCCCCCC(=O)OCCOCCOCCOCCOCCOCCC(=O)OC(C)(C)C. The normalized spacial score (nSPS) is 11.5. The fourth-order valence-electron chi connectivity index (χ4n) is 2.87. The van der Waals surface area contributed by atoms with Gasteiger partial charge in [-0.2, -0.15) is 0 Å². The highest BCUT2D eigenvalue weighted by atomic mass is 16.6. The lowest BCUT2D eigenvalue weighted by molar-refractivity contribution is -0.156. The van der Waals surface area contributed by atoms with Crippen LogP contribution < -0.4 is 0 Å². The van der Waals surface area contributed by atoms with Crippen molar-refractivity contribution >= 4 is 11.9 Å². The second-order valence-corrected chi connectivity index (χ2v) is 9.14. The maximum atomic E-state index is 11.6. The molecule has 0 saturated carbocycles. The van der Waals surface area contributed by atoms with Crippen LogP contribution in [0.5, 0.6) is 0 Å². The van der Waals surface area contributed by atoms with Crippen LogP contribution >= 0.6 is 0 Å². The van der Waals surface area contributed by atoms with Gasteiger partial charge in [0.15, 0.2) is 0 Å². The molecule has 208 valence electrons. The van der Waals surface area contributed by atoms with E-state index >= 15 is 0 Å². The minimum absolute atomic E-state index is 0.146. The Morgan fingerprint density at radius 2 is 0.943 bits per heavy atom. The van der Waals surface area contributed by atoms with Crippen molar-refractivity contribution in [3.05, 3.63) is 0 Å². The minimum atomic E-state index is -0.469. The molecule has 0 aromatic rings. The lowest BCUT2D eigenvalue weighted by Gasteiger charge is -2.19. The third-order valence-corrected chi connectivity index (χ3v) is 4.58. The van der Waals surface area contributed by atoms with Crippen LogP contribution in [0.3, 0.4) is 0 Å². The number of esters is 2. The van der Waals surface area contributed by atoms with E-state index in [0.717, 1.165) is 12.8 Å². The summed E-state index contributed by atoms with van der Waals surface area (Å²) in [5, 5.41) is 0. The molecule has 0 bridgehead atoms. The fraction of sp³-hybridized carbons (Fsp3) is 0.923. The summed E-state index contributed by atoms with van der Waals surface area (Å²) >= 11 is 0. The Bertz CT molecular complexity index is 492. The van der Waals surface area contributed by atoms with Crippen molar-refractivity contribution in [1.29, 1.82) is 0 Å². The molecular weight excluding hydrogens is 456 g/mol. The molecule has 0 aromatic carbocycles. The Kier molecular flexibility index (Phi) is 23.6. The number of unbranched alkanes of at least 4 members (excludes halogenated alkanes) is 5. The molecule has 0 aromatic heterocycles. The van der Waals surface area contributed by atoms with Crippen LogP contribution in [0, 0.1) is 0 Å². The van der Waals surface area contributed by atoms with Gasteiger partial charge in [0.2, 0.25) is 0 Å². The van der Waals surface area contributed by atoms with Crippen molar-refractivity contribution in [2.24, 2.45) is 0 Å². The molecule has 0 aliphatic carbocycles. The number of rotatable bonds is 25.